The number of carbonyl (C=O) groups excluding carboxylic acids is 1. The van der Waals surface area contributed by atoms with Crippen LogP contribution in [0.1, 0.15) is 10.4 Å². The van der Waals surface area contributed by atoms with Crippen molar-refractivity contribution in [1.29, 1.82) is 0 Å². The third-order valence-electron chi connectivity index (χ3n) is 0.724. The summed E-state index contributed by atoms with van der Waals surface area (Å²) in [5, 5.41) is 0.243. The maximum Gasteiger partial charge on any atom is 0.193 e. The number of aldehydes is 1. The molecule has 0 spiro atoms. The topological polar surface area (TPSA) is 30.2 Å². The molecule has 42 valence electrons. The number of rotatable bonds is 1. The fourth-order valence-corrected chi connectivity index (χ4v) is 0.556. The minimum atomic E-state index is 0.243. The van der Waals surface area contributed by atoms with Crippen LogP contribution < -0.4 is 0 Å². The lowest BCUT2D eigenvalue weighted by molar-refractivity contribution is 0.112. The van der Waals surface area contributed by atoms with Gasteiger partial charge in [-0.25, -0.2) is 0 Å². The summed E-state index contributed by atoms with van der Waals surface area (Å²) in [5.41, 5.74) is 0.468. The van der Waals surface area contributed by atoms with Gasteiger partial charge in [0.05, 0.1) is 5.56 Å². The molecule has 0 unspecified atom stereocenters. The molecule has 3 heteroatoms. The molecule has 0 fully saturated rings. The number of furan rings is 1. The van der Waals surface area contributed by atoms with E-state index in [1.807, 2.05) is 0 Å². The van der Waals surface area contributed by atoms with Gasteiger partial charge in [0.25, 0.3) is 0 Å². The Morgan fingerprint density at radius 2 is 2.50 bits per heavy atom. The molecule has 0 aromatic carbocycles. The van der Waals surface area contributed by atoms with Gasteiger partial charge in [-0.15, -0.1) is 0 Å². The van der Waals surface area contributed by atoms with Crippen molar-refractivity contribution in [2.75, 3.05) is 0 Å². The second-order valence-electron chi connectivity index (χ2n) is 1.30. The Hall–Kier alpha value is -0.760. The van der Waals surface area contributed by atoms with Gasteiger partial charge < -0.3 is 4.42 Å². The average molecular weight is 131 g/mol. The first kappa shape index (κ1) is 5.38. The Kier molecular flexibility index (Phi) is 1.35. The molecule has 0 aliphatic rings. The Morgan fingerprint density at radius 3 is 2.75 bits per heavy atom. The Bertz CT molecular complexity index is 192. The van der Waals surface area contributed by atoms with E-state index < -0.39 is 0 Å². The molecule has 0 atom stereocenters. The van der Waals surface area contributed by atoms with Crippen LogP contribution in [0.3, 0.4) is 0 Å². The zero-order chi connectivity index (χ0) is 5.98. The molecule has 2 nitrogen and oxygen atoms in total. The lowest BCUT2D eigenvalue weighted by Crippen LogP contribution is -1.65. The standard InChI is InChI=1S/C5H3ClO2/c6-5-1-4(2-7)3-8-5/h1-3H. The highest BCUT2D eigenvalue weighted by molar-refractivity contribution is 6.29. The maximum absolute atomic E-state index is 9.90. The molecule has 0 radical (unpaired) electrons. The summed E-state index contributed by atoms with van der Waals surface area (Å²) in [6, 6.07) is 1.45. The van der Waals surface area contributed by atoms with E-state index >= 15 is 0 Å². The van der Waals surface area contributed by atoms with Crippen LogP contribution in [-0.4, -0.2) is 6.29 Å². The van der Waals surface area contributed by atoms with Gasteiger partial charge in [0.15, 0.2) is 11.5 Å². The molecule has 1 heterocycles. The first-order valence-electron chi connectivity index (χ1n) is 2.02. The molecule has 0 N–H and O–H groups in total. The Morgan fingerprint density at radius 1 is 1.75 bits per heavy atom. The van der Waals surface area contributed by atoms with Crippen molar-refractivity contribution in [3.8, 4) is 0 Å². The molecular weight excluding hydrogens is 128 g/mol. The van der Waals surface area contributed by atoms with Crippen LogP contribution in [0.5, 0.6) is 0 Å². The predicted molar refractivity (Wildman–Crippen MR) is 29.1 cm³/mol. The van der Waals surface area contributed by atoms with Crippen molar-refractivity contribution < 1.29 is 9.21 Å². The van der Waals surface area contributed by atoms with Gasteiger partial charge in [-0.05, 0) is 11.6 Å². The summed E-state index contributed by atoms with van der Waals surface area (Å²) in [6.45, 7) is 0. The summed E-state index contributed by atoms with van der Waals surface area (Å²) in [7, 11) is 0. The summed E-state index contributed by atoms with van der Waals surface area (Å²) < 4.78 is 4.59. The lowest BCUT2D eigenvalue weighted by atomic mass is 10.4. The van der Waals surface area contributed by atoms with Crippen molar-refractivity contribution in [3.63, 3.8) is 0 Å². The van der Waals surface area contributed by atoms with Gasteiger partial charge in [0, 0.05) is 6.07 Å². The number of halogens is 1. The van der Waals surface area contributed by atoms with E-state index in [-0.39, 0.29) is 5.22 Å². The predicted octanol–water partition coefficient (Wildman–Crippen LogP) is 1.75. The van der Waals surface area contributed by atoms with Crippen LogP contribution in [0.15, 0.2) is 16.7 Å². The summed E-state index contributed by atoms with van der Waals surface area (Å²) in [4.78, 5) is 9.90. The van der Waals surface area contributed by atoms with Crippen LogP contribution in [-0.2, 0) is 0 Å². The van der Waals surface area contributed by atoms with E-state index in [2.05, 4.69) is 4.42 Å². The minimum absolute atomic E-state index is 0.243. The molecule has 0 saturated carbocycles. The highest BCUT2D eigenvalue weighted by Gasteiger charge is 1.93. The van der Waals surface area contributed by atoms with Gasteiger partial charge >= 0.3 is 0 Å². The van der Waals surface area contributed by atoms with Crippen LogP contribution >= 0.6 is 11.6 Å². The van der Waals surface area contributed by atoms with Crippen molar-refractivity contribution in [1.82, 2.24) is 0 Å². The smallest absolute Gasteiger partial charge is 0.193 e. The second-order valence-corrected chi connectivity index (χ2v) is 1.67. The summed E-state index contributed by atoms with van der Waals surface area (Å²) >= 11 is 5.31. The van der Waals surface area contributed by atoms with Crippen molar-refractivity contribution in [3.05, 3.63) is 23.1 Å². The van der Waals surface area contributed by atoms with Gasteiger partial charge in [-0.1, -0.05) is 0 Å². The molecule has 0 aliphatic heterocycles. The molecule has 1 aromatic heterocycles. The summed E-state index contributed by atoms with van der Waals surface area (Å²) in [6.07, 6.45) is 1.98. The molecule has 8 heavy (non-hydrogen) atoms. The van der Waals surface area contributed by atoms with Crippen molar-refractivity contribution >= 4 is 17.9 Å². The van der Waals surface area contributed by atoms with Gasteiger partial charge in [-0.2, -0.15) is 0 Å². The third kappa shape index (κ3) is 0.898. The molecule has 1 aromatic rings. The molecule has 1 rings (SSSR count). The first-order chi connectivity index (χ1) is 3.83. The van der Waals surface area contributed by atoms with E-state index in [1.54, 1.807) is 0 Å². The highest BCUT2D eigenvalue weighted by atomic mass is 35.5. The number of hydrogen-bond donors (Lipinski definition) is 0. The Labute approximate surface area is 51.1 Å². The molecule has 0 saturated heterocycles. The molecule has 0 aliphatic carbocycles. The SMILES string of the molecule is O=Cc1coc(Cl)c1. The fourth-order valence-electron chi connectivity index (χ4n) is 0.385. The van der Waals surface area contributed by atoms with E-state index in [9.17, 15) is 4.79 Å². The van der Waals surface area contributed by atoms with Crippen LogP contribution in [0, 0.1) is 0 Å². The van der Waals surface area contributed by atoms with Gasteiger partial charge in [0.1, 0.15) is 6.26 Å². The maximum atomic E-state index is 9.90. The zero-order valence-electron chi connectivity index (χ0n) is 3.93. The Balaban J connectivity index is 3.00. The van der Waals surface area contributed by atoms with Gasteiger partial charge in [0.2, 0.25) is 0 Å². The number of carbonyl (C=O) groups is 1. The minimum Gasteiger partial charge on any atom is -0.452 e. The zero-order valence-corrected chi connectivity index (χ0v) is 4.68. The van der Waals surface area contributed by atoms with Crippen LogP contribution in [0.25, 0.3) is 0 Å². The van der Waals surface area contributed by atoms with E-state index in [0.717, 1.165) is 0 Å². The monoisotopic (exact) mass is 130 g/mol. The largest absolute Gasteiger partial charge is 0.452 e. The van der Waals surface area contributed by atoms with Crippen LogP contribution in [0.4, 0.5) is 0 Å². The normalized spacial score (nSPS) is 9.12. The summed E-state index contributed by atoms with van der Waals surface area (Å²) in [5.74, 6) is 0. The lowest BCUT2D eigenvalue weighted by Gasteiger charge is -1.65. The van der Waals surface area contributed by atoms with Crippen molar-refractivity contribution in [2.45, 2.75) is 0 Å². The molecular formula is C5H3ClO2. The van der Waals surface area contributed by atoms with Crippen molar-refractivity contribution in [2.24, 2.45) is 0 Å². The first-order valence-corrected chi connectivity index (χ1v) is 2.40. The third-order valence-corrected chi connectivity index (χ3v) is 0.922. The molecule has 0 amide bonds. The van der Waals surface area contributed by atoms with E-state index in [4.69, 9.17) is 11.6 Å². The van der Waals surface area contributed by atoms with Gasteiger partial charge in [-0.3, -0.25) is 4.79 Å². The van der Waals surface area contributed by atoms with Crippen LogP contribution in [0.2, 0.25) is 5.22 Å². The highest BCUT2D eigenvalue weighted by Crippen LogP contribution is 2.10. The quantitative estimate of drug-likeness (QED) is 0.542. The fraction of sp³-hybridized carbons (Fsp3) is 0. The molecule has 0 bridgehead atoms. The van der Waals surface area contributed by atoms with E-state index in [0.29, 0.717) is 11.8 Å². The number of hydrogen-bond acceptors (Lipinski definition) is 2. The average Bonchev–Trinajstić information content (AvgIpc) is 2.14. The van der Waals surface area contributed by atoms with E-state index in [1.165, 1.54) is 12.3 Å². The second kappa shape index (κ2) is 2.01.